The molecule has 0 atom stereocenters. The van der Waals surface area contributed by atoms with Crippen LogP contribution in [0.15, 0.2) is 35.1 Å². The van der Waals surface area contributed by atoms with Crippen LogP contribution in [0, 0.1) is 10.6 Å². The summed E-state index contributed by atoms with van der Waals surface area (Å²) in [7, 11) is 0. The van der Waals surface area contributed by atoms with E-state index < -0.39 is 5.82 Å². The zero-order chi connectivity index (χ0) is 14.3. The number of aromatic amines is 1. The smallest absolute Gasteiger partial charge is 0.267 e. The molecule has 3 aromatic rings. The number of aromatic nitrogens is 2. The van der Waals surface area contributed by atoms with Crippen LogP contribution in [0.1, 0.15) is 11.8 Å². The molecule has 0 spiro atoms. The molecular weight excluding hydrogens is 295 g/mol. The van der Waals surface area contributed by atoms with Gasteiger partial charge >= 0.3 is 0 Å². The lowest BCUT2D eigenvalue weighted by molar-refractivity contribution is 0.615. The van der Waals surface area contributed by atoms with Crippen molar-refractivity contribution in [3.8, 4) is 5.69 Å². The second-order valence-corrected chi connectivity index (χ2v) is 5.85. The van der Waals surface area contributed by atoms with Crippen molar-refractivity contribution in [3.63, 3.8) is 0 Å². The van der Waals surface area contributed by atoms with E-state index in [4.69, 9.17) is 12.2 Å². The summed E-state index contributed by atoms with van der Waals surface area (Å²) in [6.07, 6.45) is 0.846. The molecule has 0 radical (unpaired) electrons. The van der Waals surface area contributed by atoms with Crippen LogP contribution in [0.25, 0.3) is 15.9 Å². The average molecular weight is 306 g/mol. The van der Waals surface area contributed by atoms with Gasteiger partial charge in [-0.2, -0.15) is 0 Å². The lowest BCUT2D eigenvalue weighted by Gasteiger charge is -2.07. The van der Waals surface area contributed by atoms with Crippen molar-refractivity contribution in [2.75, 3.05) is 0 Å². The number of fused-ring (bicyclic) bond motifs is 1. The minimum atomic E-state index is -0.473. The molecule has 102 valence electrons. The van der Waals surface area contributed by atoms with E-state index in [0.29, 0.717) is 5.39 Å². The molecule has 0 bridgehead atoms. The molecule has 3 nitrogen and oxygen atoms in total. The van der Waals surface area contributed by atoms with Crippen molar-refractivity contribution < 1.29 is 4.39 Å². The van der Waals surface area contributed by atoms with E-state index in [0.717, 1.165) is 16.1 Å². The van der Waals surface area contributed by atoms with Crippen molar-refractivity contribution in [1.29, 1.82) is 0 Å². The summed E-state index contributed by atoms with van der Waals surface area (Å²) in [5, 5.41) is 0.545. The summed E-state index contributed by atoms with van der Waals surface area (Å²) in [6, 6.07) is 7.94. The predicted octanol–water partition coefficient (Wildman–Crippen LogP) is 3.81. The summed E-state index contributed by atoms with van der Waals surface area (Å²) in [5.74, 6) is -0.473. The van der Waals surface area contributed by atoms with Crippen molar-refractivity contribution in [3.05, 3.63) is 56.2 Å². The van der Waals surface area contributed by atoms with E-state index in [-0.39, 0.29) is 16.0 Å². The maximum Gasteiger partial charge on any atom is 0.267 e. The van der Waals surface area contributed by atoms with Crippen molar-refractivity contribution in [2.24, 2.45) is 0 Å². The fourth-order valence-corrected chi connectivity index (χ4v) is 3.42. The maximum absolute atomic E-state index is 13.9. The van der Waals surface area contributed by atoms with E-state index in [1.165, 1.54) is 22.0 Å². The first-order valence-corrected chi connectivity index (χ1v) is 7.37. The third kappa shape index (κ3) is 2.01. The van der Waals surface area contributed by atoms with Gasteiger partial charge in [-0.1, -0.05) is 19.1 Å². The molecule has 0 fully saturated rings. The number of nitrogens with zero attached hydrogens (tertiary/aromatic N) is 1. The third-order valence-corrected chi connectivity index (χ3v) is 4.56. The Morgan fingerprint density at radius 1 is 1.40 bits per heavy atom. The van der Waals surface area contributed by atoms with E-state index in [9.17, 15) is 9.18 Å². The zero-order valence-corrected chi connectivity index (χ0v) is 12.3. The van der Waals surface area contributed by atoms with Crippen LogP contribution in [-0.4, -0.2) is 9.55 Å². The van der Waals surface area contributed by atoms with Gasteiger partial charge in [-0.05, 0) is 36.8 Å². The summed E-state index contributed by atoms with van der Waals surface area (Å²) in [4.78, 5) is 17.4. The Bertz CT molecular complexity index is 907. The molecular formula is C14H11FN2OS2. The molecule has 0 aliphatic rings. The molecule has 0 amide bonds. The van der Waals surface area contributed by atoms with Gasteiger partial charge in [-0.3, -0.25) is 4.79 Å². The van der Waals surface area contributed by atoms with Crippen molar-refractivity contribution in [1.82, 2.24) is 9.55 Å². The Balaban J connectivity index is 2.40. The number of H-pyrrole nitrogens is 1. The highest BCUT2D eigenvalue weighted by atomic mass is 32.1. The molecule has 0 saturated carbocycles. The lowest BCUT2D eigenvalue weighted by atomic mass is 10.3. The minimum Gasteiger partial charge on any atom is -0.323 e. The highest BCUT2D eigenvalue weighted by Crippen LogP contribution is 2.22. The highest BCUT2D eigenvalue weighted by Gasteiger charge is 2.12. The molecule has 0 saturated heterocycles. The average Bonchev–Trinajstić information content (AvgIpc) is 2.84. The van der Waals surface area contributed by atoms with Crippen LogP contribution in [0.3, 0.4) is 0 Å². The van der Waals surface area contributed by atoms with E-state index in [1.807, 2.05) is 13.0 Å². The van der Waals surface area contributed by atoms with E-state index >= 15 is 0 Å². The van der Waals surface area contributed by atoms with Crippen LogP contribution in [0.5, 0.6) is 0 Å². The quantitative estimate of drug-likeness (QED) is 0.731. The summed E-state index contributed by atoms with van der Waals surface area (Å²) < 4.78 is 15.3. The Hall–Kier alpha value is -1.79. The number of hydrogen-bond acceptors (Lipinski definition) is 3. The number of para-hydroxylation sites is 1. The first kappa shape index (κ1) is 13.2. The van der Waals surface area contributed by atoms with Gasteiger partial charge in [0.15, 0.2) is 4.77 Å². The molecule has 1 aromatic carbocycles. The number of hydrogen-bond donors (Lipinski definition) is 1. The standard InChI is InChI=1S/C14H11FN2OS2/c1-2-8-7-9-12(20-8)16-14(19)17(13(9)18)11-6-4-3-5-10(11)15/h3-7H,2H2,1H3,(H,16,19). The first-order valence-electron chi connectivity index (χ1n) is 6.14. The first-order chi connectivity index (χ1) is 9.61. The predicted molar refractivity (Wildman–Crippen MR) is 81.9 cm³/mol. The number of halogens is 1. The van der Waals surface area contributed by atoms with Gasteiger partial charge in [0, 0.05) is 4.88 Å². The van der Waals surface area contributed by atoms with Gasteiger partial charge in [0.2, 0.25) is 0 Å². The molecule has 0 unspecified atom stereocenters. The van der Waals surface area contributed by atoms with Crippen LogP contribution < -0.4 is 5.56 Å². The van der Waals surface area contributed by atoms with Crippen LogP contribution in [0.2, 0.25) is 0 Å². The fraction of sp³-hybridized carbons (Fsp3) is 0.143. The minimum absolute atomic E-state index is 0.171. The lowest BCUT2D eigenvalue weighted by Crippen LogP contribution is -2.20. The van der Waals surface area contributed by atoms with Gasteiger partial charge in [0.05, 0.1) is 11.1 Å². The normalized spacial score (nSPS) is 11.1. The molecule has 6 heteroatoms. The van der Waals surface area contributed by atoms with E-state index in [1.54, 1.807) is 18.2 Å². The Morgan fingerprint density at radius 3 is 2.85 bits per heavy atom. The van der Waals surface area contributed by atoms with Gasteiger partial charge in [0.1, 0.15) is 10.6 Å². The molecule has 1 N–H and O–H groups in total. The monoisotopic (exact) mass is 306 g/mol. The number of rotatable bonds is 2. The van der Waals surface area contributed by atoms with Crippen molar-refractivity contribution in [2.45, 2.75) is 13.3 Å². The molecule has 0 aliphatic heterocycles. The number of thiophene rings is 1. The summed E-state index contributed by atoms with van der Waals surface area (Å²) >= 11 is 6.71. The van der Waals surface area contributed by atoms with Gasteiger partial charge < -0.3 is 4.98 Å². The van der Waals surface area contributed by atoms with E-state index in [2.05, 4.69) is 4.98 Å². The van der Waals surface area contributed by atoms with Gasteiger partial charge in [0.25, 0.3) is 5.56 Å². The largest absolute Gasteiger partial charge is 0.323 e. The Kier molecular flexibility index (Phi) is 3.27. The summed E-state index contributed by atoms with van der Waals surface area (Å²) in [5.41, 5.74) is -0.116. The fourth-order valence-electron chi connectivity index (χ4n) is 2.09. The van der Waals surface area contributed by atoms with Crippen molar-refractivity contribution >= 4 is 33.8 Å². The van der Waals surface area contributed by atoms with Gasteiger partial charge in [-0.25, -0.2) is 8.96 Å². The van der Waals surface area contributed by atoms with Crippen LogP contribution in [0.4, 0.5) is 4.39 Å². The molecule has 0 aliphatic carbocycles. The molecule has 3 rings (SSSR count). The topological polar surface area (TPSA) is 37.8 Å². The Labute approximate surface area is 123 Å². The zero-order valence-electron chi connectivity index (χ0n) is 10.6. The van der Waals surface area contributed by atoms with Gasteiger partial charge in [-0.15, -0.1) is 11.3 Å². The third-order valence-electron chi connectivity index (χ3n) is 3.08. The second-order valence-electron chi connectivity index (χ2n) is 4.33. The Morgan fingerprint density at radius 2 is 2.15 bits per heavy atom. The molecule has 2 aromatic heterocycles. The number of aryl methyl sites for hydroxylation is 1. The number of benzene rings is 1. The number of nitrogens with one attached hydrogen (secondary N) is 1. The SMILES string of the molecule is CCc1cc2c(=O)n(-c3ccccc3F)c(=S)[nH]c2s1. The summed E-state index contributed by atoms with van der Waals surface area (Å²) in [6.45, 7) is 2.02. The van der Waals surface area contributed by atoms with Crippen LogP contribution in [-0.2, 0) is 6.42 Å². The second kappa shape index (κ2) is 4.96. The molecule has 20 heavy (non-hydrogen) atoms. The maximum atomic E-state index is 13.9. The molecule has 2 heterocycles. The van der Waals surface area contributed by atoms with Crippen LogP contribution >= 0.6 is 23.6 Å². The highest BCUT2D eigenvalue weighted by molar-refractivity contribution is 7.71.